The van der Waals surface area contributed by atoms with Gasteiger partial charge in [-0.25, -0.2) is 0 Å². The van der Waals surface area contributed by atoms with E-state index < -0.39 is 5.97 Å². The maximum absolute atomic E-state index is 10.4. The predicted molar refractivity (Wildman–Crippen MR) is 55.2 cm³/mol. The summed E-state index contributed by atoms with van der Waals surface area (Å²) in [7, 11) is 0. The molecule has 3 heteroatoms. The fraction of sp³-hybridized carbons (Fsp3) is 0.364. The Kier molecular flexibility index (Phi) is 4.13. The molecule has 0 unspecified atom stereocenters. The molecule has 0 heterocycles. The number of nitrogens with two attached hydrogens (primary N) is 1. The monoisotopic (exact) mass is 193 g/mol. The first-order valence-corrected chi connectivity index (χ1v) is 4.72. The third-order valence-corrected chi connectivity index (χ3v) is 2.05. The van der Waals surface area contributed by atoms with Crippen LogP contribution in [0.3, 0.4) is 0 Å². The zero-order valence-corrected chi connectivity index (χ0v) is 8.07. The number of carboxylic acids is 1. The van der Waals surface area contributed by atoms with E-state index in [1.807, 2.05) is 24.3 Å². The summed E-state index contributed by atoms with van der Waals surface area (Å²) >= 11 is 0. The lowest BCUT2D eigenvalue weighted by Crippen LogP contribution is -2.03. The molecule has 0 aromatic heterocycles. The van der Waals surface area contributed by atoms with Gasteiger partial charge in [0, 0.05) is 6.42 Å². The van der Waals surface area contributed by atoms with Crippen molar-refractivity contribution in [2.45, 2.75) is 19.3 Å². The van der Waals surface area contributed by atoms with E-state index >= 15 is 0 Å². The second-order valence-electron chi connectivity index (χ2n) is 3.25. The highest BCUT2D eigenvalue weighted by molar-refractivity contribution is 5.67. The van der Waals surface area contributed by atoms with E-state index in [1.54, 1.807) is 0 Å². The van der Waals surface area contributed by atoms with Gasteiger partial charge in [-0.2, -0.15) is 0 Å². The fourth-order valence-corrected chi connectivity index (χ4v) is 1.36. The van der Waals surface area contributed by atoms with Gasteiger partial charge < -0.3 is 10.8 Å². The van der Waals surface area contributed by atoms with Crippen LogP contribution in [-0.4, -0.2) is 17.6 Å². The summed E-state index contributed by atoms with van der Waals surface area (Å²) in [4.78, 5) is 10.4. The minimum atomic E-state index is -0.755. The maximum Gasteiger partial charge on any atom is 0.303 e. The van der Waals surface area contributed by atoms with E-state index in [0.29, 0.717) is 13.0 Å². The highest BCUT2D eigenvalue weighted by Gasteiger charge is 1.99. The third-order valence-electron chi connectivity index (χ3n) is 2.05. The molecule has 3 nitrogen and oxygen atoms in total. The second kappa shape index (κ2) is 5.40. The Labute approximate surface area is 83.6 Å². The van der Waals surface area contributed by atoms with Crippen molar-refractivity contribution in [1.82, 2.24) is 0 Å². The molecule has 0 aliphatic heterocycles. The first kappa shape index (κ1) is 10.7. The van der Waals surface area contributed by atoms with Crippen LogP contribution in [0.5, 0.6) is 0 Å². The number of aryl methyl sites for hydroxylation is 1. The van der Waals surface area contributed by atoms with Crippen LogP contribution >= 0.6 is 0 Å². The molecule has 3 N–H and O–H groups in total. The molecule has 76 valence electrons. The van der Waals surface area contributed by atoms with Crippen LogP contribution in [0.2, 0.25) is 0 Å². The van der Waals surface area contributed by atoms with Gasteiger partial charge in [-0.15, -0.1) is 0 Å². The van der Waals surface area contributed by atoms with Gasteiger partial charge in [0.15, 0.2) is 0 Å². The summed E-state index contributed by atoms with van der Waals surface area (Å²) in [6.07, 6.45) is 1.63. The summed E-state index contributed by atoms with van der Waals surface area (Å²) in [6, 6.07) is 7.93. The third kappa shape index (κ3) is 3.58. The van der Waals surface area contributed by atoms with Crippen molar-refractivity contribution >= 4 is 5.97 Å². The molecule has 1 aromatic carbocycles. The first-order chi connectivity index (χ1) is 6.72. The molecule has 0 amide bonds. The van der Waals surface area contributed by atoms with Gasteiger partial charge in [0.25, 0.3) is 0 Å². The maximum atomic E-state index is 10.4. The minimum Gasteiger partial charge on any atom is -0.481 e. The SMILES string of the molecule is NCCc1cccc(CCC(=O)O)c1. The van der Waals surface area contributed by atoms with E-state index in [9.17, 15) is 4.79 Å². The highest BCUT2D eigenvalue weighted by Crippen LogP contribution is 2.07. The van der Waals surface area contributed by atoms with Crippen LogP contribution in [0.1, 0.15) is 17.5 Å². The molecule has 0 spiro atoms. The molecule has 14 heavy (non-hydrogen) atoms. The number of carboxylic acid groups (broad SMARTS) is 1. The van der Waals surface area contributed by atoms with Crippen molar-refractivity contribution in [3.8, 4) is 0 Å². The average molecular weight is 193 g/mol. The van der Waals surface area contributed by atoms with E-state index in [-0.39, 0.29) is 6.42 Å². The Morgan fingerprint density at radius 3 is 2.50 bits per heavy atom. The minimum absolute atomic E-state index is 0.187. The number of hydrogen-bond acceptors (Lipinski definition) is 2. The number of hydrogen-bond donors (Lipinski definition) is 2. The molecular weight excluding hydrogens is 178 g/mol. The van der Waals surface area contributed by atoms with E-state index in [2.05, 4.69) is 0 Å². The van der Waals surface area contributed by atoms with Crippen LogP contribution in [0.25, 0.3) is 0 Å². The lowest BCUT2D eigenvalue weighted by atomic mass is 10.0. The topological polar surface area (TPSA) is 63.3 Å². The van der Waals surface area contributed by atoms with Crippen LogP contribution in [0.15, 0.2) is 24.3 Å². The summed E-state index contributed by atoms with van der Waals surface area (Å²) < 4.78 is 0. The summed E-state index contributed by atoms with van der Waals surface area (Å²) in [5.41, 5.74) is 7.68. The number of rotatable bonds is 5. The quantitative estimate of drug-likeness (QED) is 0.738. The molecule has 0 bridgehead atoms. The van der Waals surface area contributed by atoms with E-state index in [4.69, 9.17) is 10.8 Å². The number of carbonyl (C=O) groups is 1. The van der Waals surface area contributed by atoms with Gasteiger partial charge in [-0.05, 0) is 30.5 Å². The molecule has 0 aliphatic rings. The first-order valence-electron chi connectivity index (χ1n) is 4.72. The van der Waals surface area contributed by atoms with Gasteiger partial charge in [0.2, 0.25) is 0 Å². The van der Waals surface area contributed by atoms with Crippen molar-refractivity contribution in [2.24, 2.45) is 5.73 Å². The van der Waals surface area contributed by atoms with Crippen molar-refractivity contribution < 1.29 is 9.90 Å². The van der Waals surface area contributed by atoms with Crippen molar-refractivity contribution in [3.05, 3.63) is 35.4 Å². The fourth-order valence-electron chi connectivity index (χ4n) is 1.36. The van der Waals surface area contributed by atoms with Crippen molar-refractivity contribution in [3.63, 3.8) is 0 Å². The summed E-state index contributed by atoms with van der Waals surface area (Å²) in [5.74, 6) is -0.755. The average Bonchev–Trinajstić information content (AvgIpc) is 2.16. The van der Waals surface area contributed by atoms with Crippen LogP contribution in [-0.2, 0) is 17.6 Å². The van der Waals surface area contributed by atoms with Crippen molar-refractivity contribution in [2.75, 3.05) is 6.54 Å². The van der Waals surface area contributed by atoms with E-state index in [0.717, 1.165) is 12.0 Å². The predicted octanol–water partition coefficient (Wildman–Crippen LogP) is 1.21. The van der Waals surface area contributed by atoms with Gasteiger partial charge >= 0.3 is 5.97 Å². The number of benzene rings is 1. The zero-order valence-electron chi connectivity index (χ0n) is 8.07. The van der Waals surface area contributed by atoms with Gasteiger partial charge in [0.05, 0.1) is 0 Å². The molecule has 1 aromatic rings. The molecule has 0 saturated heterocycles. The molecule has 0 radical (unpaired) electrons. The van der Waals surface area contributed by atoms with Crippen molar-refractivity contribution in [1.29, 1.82) is 0 Å². The lowest BCUT2D eigenvalue weighted by molar-refractivity contribution is -0.136. The Hall–Kier alpha value is -1.35. The van der Waals surface area contributed by atoms with Gasteiger partial charge in [-0.3, -0.25) is 4.79 Å². The summed E-state index contributed by atoms with van der Waals surface area (Å²) in [6.45, 7) is 0.627. The largest absolute Gasteiger partial charge is 0.481 e. The Bertz CT molecular complexity index is 310. The van der Waals surface area contributed by atoms with Crippen LogP contribution < -0.4 is 5.73 Å². The zero-order chi connectivity index (χ0) is 10.4. The molecular formula is C11H15NO2. The standard InChI is InChI=1S/C11H15NO2/c12-7-6-10-3-1-2-9(8-10)4-5-11(13)14/h1-3,8H,4-7,12H2,(H,13,14). The Balaban J connectivity index is 2.58. The molecule has 1 rings (SSSR count). The molecule has 0 saturated carbocycles. The number of aliphatic carboxylic acids is 1. The van der Waals surface area contributed by atoms with Crippen LogP contribution in [0, 0.1) is 0 Å². The van der Waals surface area contributed by atoms with E-state index in [1.165, 1.54) is 5.56 Å². The van der Waals surface area contributed by atoms with Crippen LogP contribution in [0.4, 0.5) is 0 Å². The van der Waals surface area contributed by atoms with Gasteiger partial charge in [-0.1, -0.05) is 24.3 Å². The van der Waals surface area contributed by atoms with Gasteiger partial charge in [0.1, 0.15) is 0 Å². The lowest BCUT2D eigenvalue weighted by Gasteiger charge is -2.02. The normalized spacial score (nSPS) is 10.1. The Morgan fingerprint density at radius 1 is 1.29 bits per heavy atom. The Morgan fingerprint density at radius 2 is 1.93 bits per heavy atom. The molecule has 0 aliphatic carbocycles. The molecule has 0 atom stereocenters. The smallest absolute Gasteiger partial charge is 0.303 e. The second-order valence-corrected chi connectivity index (χ2v) is 3.25. The highest BCUT2D eigenvalue weighted by atomic mass is 16.4. The molecule has 0 fully saturated rings. The summed E-state index contributed by atoms with van der Waals surface area (Å²) in [5, 5.41) is 8.53.